The molecule has 1 aliphatic rings. The molecule has 29 heavy (non-hydrogen) atoms. The van der Waals surface area contributed by atoms with Gasteiger partial charge >= 0.3 is 16.1 Å². The van der Waals surface area contributed by atoms with E-state index in [9.17, 15) is 13.2 Å². The minimum absolute atomic E-state index is 0.00653. The second kappa shape index (κ2) is 9.47. The zero-order valence-electron chi connectivity index (χ0n) is 16.0. The van der Waals surface area contributed by atoms with Gasteiger partial charge < -0.3 is 19.1 Å². The Morgan fingerprint density at radius 1 is 1.28 bits per heavy atom. The summed E-state index contributed by atoms with van der Waals surface area (Å²) in [6.45, 7) is 1.49. The van der Waals surface area contributed by atoms with Gasteiger partial charge in [0.1, 0.15) is 5.75 Å². The van der Waals surface area contributed by atoms with Crippen LogP contribution in [-0.4, -0.2) is 44.9 Å². The Hall–Kier alpha value is -2.29. The number of hydrogen-bond donors (Lipinski definition) is 1. The highest BCUT2D eigenvalue weighted by atomic mass is 35.5. The van der Waals surface area contributed by atoms with Gasteiger partial charge in [0.05, 0.1) is 12.4 Å². The molecule has 7 nitrogen and oxygen atoms in total. The van der Waals surface area contributed by atoms with Crippen LogP contribution in [0.1, 0.15) is 18.4 Å². The van der Waals surface area contributed by atoms with Crippen molar-refractivity contribution >= 4 is 33.4 Å². The minimum Gasteiger partial charge on any atom is -0.383 e. The maximum Gasteiger partial charge on any atom is 0.322 e. The van der Waals surface area contributed by atoms with E-state index in [0.29, 0.717) is 30.4 Å². The molecule has 0 aliphatic carbocycles. The second-order valence-corrected chi connectivity index (χ2v) is 8.90. The topological polar surface area (TPSA) is 84.9 Å². The summed E-state index contributed by atoms with van der Waals surface area (Å²) in [5, 5.41) is 3.40. The van der Waals surface area contributed by atoms with Gasteiger partial charge in [0.2, 0.25) is 0 Å². The molecule has 1 N–H and O–H groups in total. The zero-order valence-corrected chi connectivity index (χ0v) is 17.6. The first-order valence-electron chi connectivity index (χ1n) is 9.20. The van der Waals surface area contributed by atoms with Crippen molar-refractivity contribution in [3.8, 4) is 5.75 Å². The minimum atomic E-state index is -3.58. The molecule has 1 atom stereocenters. The molecule has 0 bridgehead atoms. The maximum atomic E-state index is 12.9. The van der Waals surface area contributed by atoms with E-state index in [4.69, 9.17) is 20.5 Å². The predicted octanol–water partition coefficient (Wildman–Crippen LogP) is 3.89. The molecule has 2 amide bonds. The molecule has 1 heterocycles. The van der Waals surface area contributed by atoms with Crippen LogP contribution in [-0.2, 0) is 21.4 Å². The van der Waals surface area contributed by atoms with Crippen LogP contribution in [0.3, 0.4) is 0 Å². The first-order valence-corrected chi connectivity index (χ1v) is 11.4. The first kappa shape index (κ1) is 21.4. The van der Waals surface area contributed by atoms with E-state index in [-0.39, 0.29) is 17.9 Å². The summed E-state index contributed by atoms with van der Waals surface area (Å²) in [7, 11) is -3.58. The lowest BCUT2D eigenvalue weighted by Gasteiger charge is -2.26. The number of halogens is 1. The van der Waals surface area contributed by atoms with Crippen LogP contribution in [0.5, 0.6) is 5.75 Å². The molecular formula is C20H23ClN2O5S. The van der Waals surface area contributed by atoms with Gasteiger partial charge in [-0.25, -0.2) is 4.79 Å². The Balaban J connectivity index is 1.71. The van der Waals surface area contributed by atoms with Crippen LogP contribution in [0.4, 0.5) is 10.5 Å². The molecule has 0 aromatic heterocycles. The third-order valence-corrected chi connectivity index (χ3v) is 5.09. The highest BCUT2D eigenvalue weighted by molar-refractivity contribution is 7.86. The van der Waals surface area contributed by atoms with Gasteiger partial charge in [-0.3, -0.25) is 0 Å². The summed E-state index contributed by atoms with van der Waals surface area (Å²) in [6.07, 6.45) is 2.87. The average Bonchev–Trinajstić information content (AvgIpc) is 3.14. The second-order valence-electron chi connectivity index (χ2n) is 6.89. The number of rotatable bonds is 7. The summed E-state index contributed by atoms with van der Waals surface area (Å²) < 4.78 is 33.0. The maximum absolute atomic E-state index is 12.9. The number of urea groups is 1. The lowest BCUT2D eigenvalue weighted by molar-refractivity contribution is 0.0819. The molecule has 2 aromatic rings. The summed E-state index contributed by atoms with van der Waals surface area (Å²) in [5.41, 5.74) is 1.45. The number of carbonyl (C=O) groups excluding carboxylic acids is 1. The fraction of sp³-hybridized carbons (Fsp3) is 0.350. The van der Waals surface area contributed by atoms with E-state index in [1.807, 2.05) is 0 Å². The van der Waals surface area contributed by atoms with Gasteiger partial charge in [0.25, 0.3) is 0 Å². The molecular weight excluding hydrogens is 416 g/mol. The normalized spacial score (nSPS) is 16.4. The number of amides is 2. The monoisotopic (exact) mass is 438 g/mol. The molecule has 1 fully saturated rings. The van der Waals surface area contributed by atoms with Gasteiger partial charge in [-0.2, -0.15) is 8.42 Å². The van der Waals surface area contributed by atoms with Crippen molar-refractivity contribution in [2.24, 2.45) is 0 Å². The lowest BCUT2D eigenvalue weighted by atomic mass is 10.2. The number of hydrogen-bond acceptors (Lipinski definition) is 5. The number of nitrogens with zero attached hydrogens (tertiary/aromatic N) is 1. The molecule has 1 saturated heterocycles. The molecule has 0 saturated carbocycles. The number of ether oxygens (including phenoxy) is 1. The van der Waals surface area contributed by atoms with Gasteiger partial charge in [0.15, 0.2) is 0 Å². The Labute approximate surface area is 175 Å². The average molecular weight is 439 g/mol. The molecule has 1 aliphatic heterocycles. The zero-order chi connectivity index (χ0) is 20.9. The van der Waals surface area contributed by atoms with Crippen LogP contribution in [0, 0.1) is 0 Å². The smallest absolute Gasteiger partial charge is 0.322 e. The third kappa shape index (κ3) is 6.92. The van der Waals surface area contributed by atoms with Crippen LogP contribution >= 0.6 is 11.6 Å². The van der Waals surface area contributed by atoms with Crippen LogP contribution in [0.25, 0.3) is 0 Å². The van der Waals surface area contributed by atoms with Crippen molar-refractivity contribution in [1.82, 2.24) is 4.90 Å². The standard InChI is InChI=1S/C20H23ClN2O5S/c1-29(25,26)28-18-9-7-15(8-10-18)13-23(14-19-6-3-11-27-19)20(24)22-17-5-2-4-16(21)12-17/h2,4-5,7-10,12,19H,3,6,11,13-14H2,1H3,(H,22,24). The van der Waals surface area contributed by atoms with Crippen molar-refractivity contribution < 1.29 is 22.1 Å². The van der Waals surface area contributed by atoms with Crippen molar-refractivity contribution in [3.05, 3.63) is 59.1 Å². The van der Waals surface area contributed by atoms with Crippen LogP contribution in [0.15, 0.2) is 48.5 Å². The van der Waals surface area contributed by atoms with Crippen molar-refractivity contribution in [3.63, 3.8) is 0 Å². The highest BCUT2D eigenvalue weighted by Crippen LogP contribution is 2.20. The van der Waals surface area contributed by atoms with E-state index >= 15 is 0 Å². The van der Waals surface area contributed by atoms with Crippen LogP contribution in [0.2, 0.25) is 5.02 Å². The fourth-order valence-electron chi connectivity index (χ4n) is 3.07. The Bertz CT molecular complexity index is 944. The molecule has 0 radical (unpaired) electrons. The summed E-state index contributed by atoms with van der Waals surface area (Å²) >= 11 is 6.00. The van der Waals surface area contributed by atoms with Gasteiger partial charge in [-0.15, -0.1) is 0 Å². The van der Waals surface area contributed by atoms with Gasteiger partial charge in [-0.1, -0.05) is 29.8 Å². The SMILES string of the molecule is CS(=O)(=O)Oc1ccc(CN(CC2CCCO2)C(=O)Nc2cccc(Cl)c2)cc1. The molecule has 2 aromatic carbocycles. The molecule has 0 spiro atoms. The Morgan fingerprint density at radius 3 is 2.66 bits per heavy atom. The summed E-state index contributed by atoms with van der Waals surface area (Å²) in [5.74, 6) is 0.227. The Kier molecular flexibility index (Phi) is 7.00. The Morgan fingerprint density at radius 2 is 2.03 bits per heavy atom. The quantitative estimate of drug-likeness (QED) is 0.663. The van der Waals surface area contributed by atoms with Gasteiger partial charge in [0, 0.05) is 30.4 Å². The van der Waals surface area contributed by atoms with E-state index in [1.54, 1.807) is 53.4 Å². The van der Waals surface area contributed by atoms with Gasteiger partial charge in [-0.05, 0) is 48.7 Å². The lowest BCUT2D eigenvalue weighted by Crippen LogP contribution is -2.39. The van der Waals surface area contributed by atoms with Crippen molar-refractivity contribution in [2.45, 2.75) is 25.5 Å². The molecule has 156 valence electrons. The number of anilines is 1. The third-order valence-electron chi connectivity index (χ3n) is 4.36. The highest BCUT2D eigenvalue weighted by Gasteiger charge is 2.23. The summed E-state index contributed by atoms with van der Waals surface area (Å²) in [4.78, 5) is 14.6. The largest absolute Gasteiger partial charge is 0.383 e. The van der Waals surface area contributed by atoms with E-state index in [2.05, 4.69) is 5.32 Å². The number of benzene rings is 2. The predicted molar refractivity (Wildman–Crippen MR) is 112 cm³/mol. The van der Waals surface area contributed by atoms with E-state index < -0.39 is 10.1 Å². The first-order chi connectivity index (χ1) is 13.8. The van der Waals surface area contributed by atoms with Crippen molar-refractivity contribution in [2.75, 3.05) is 24.7 Å². The molecule has 9 heteroatoms. The molecule has 1 unspecified atom stereocenters. The summed E-state index contributed by atoms with van der Waals surface area (Å²) in [6, 6.07) is 13.3. The number of carbonyl (C=O) groups is 1. The van der Waals surface area contributed by atoms with Crippen molar-refractivity contribution in [1.29, 1.82) is 0 Å². The van der Waals surface area contributed by atoms with E-state index in [0.717, 1.165) is 24.7 Å². The fourth-order valence-corrected chi connectivity index (χ4v) is 3.72. The molecule has 3 rings (SSSR count). The van der Waals surface area contributed by atoms with E-state index in [1.165, 1.54) is 0 Å². The van der Waals surface area contributed by atoms with Crippen LogP contribution < -0.4 is 9.50 Å². The number of nitrogens with one attached hydrogen (secondary N) is 1.